The largest absolute Gasteiger partial charge is 0.328 e. The molecule has 0 aliphatic heterocycles. The molecule has 0 saturated heterocycles. The summed E-state index contributed by atoms with van der Waals surface area (Å²) in [6.45, 7) is -0.0224. The van der Waals surface area contributed by atoms with Crippen molar-refractivity contribution in [2.75, 3.05) is 5.32 Å². The zero-order valence-electron chi connectivity index (χ0n) is 12.5. The van der Waals surface area contributed by atoms with Crippen molar-refractivity contribution >= 4 is 11.6 Å². The van der Waals surface area contributed by atoms with Gasteiger partial charge in [0.25, 0.3) is 11.5 Å². The van der Waals surface area contributed by atoms with Gasteiger partial charge in [0.1, 0.15) is 5.56 Å². The van der Waals surface area contributed by atoms with Crippen molar-refractivity contribution in [2.24, 2.45) is 0 Å². The Hall–Kier alpha value is -3.55. The van der Waals surface area contributed by atoms with Gasteiger partial charge in [0, 0.05) is 30.5 Å². The molecule has 0 aromatic carbocycles. The molecule has 0 saturated carbocycles. The van der Waals surface area contributed by atoms with Gasteiger partial charge in [-0.2, -0.15) is 0 Å². The molecule has 3 rings (SSSR count). The first kappa shape index (κ1) is 15.3. The van der Waals surface area contributed by atoms with Gasteiger partial charge in [0.15, 0.2) is 0 Å². The first-order chi connectivity index (χ1) is 11.6. The number of aromatic amines is 1. The topological polar surface area (TPSA) is 110 Å². The van der Waals surface area contributed by atoms with E-state index in [1.54, 1.807) is 36.5 Å². The highest BCUT2D eigenvalue weighted by atomic mass is 16.2. The number of amides is 1. The maximum atomic E-state index is 12.5. The number of pyridine rings is 2. The van der Waals surface area contributed by atoms with Crippen LogP contribution < -0.4 is 16.6 Å². The summed E-state index contributed by atoms with van der Waals surface area (Å²) in [7, 11) is 0. The lowest BCUT2D eigenvalue weighted by molar-refractivity contribution is 0.102. The first-order valence-corrected chi connectivity index (χ1v) is 7.09. The van der Waals surface area contributed by atoms with Gasteiger partial charge in [-0.15, -0.1) is 0 Å². The Bertz CT molecular complexity index is 964. The minimum absolute atomic E-state index is 0.0224. The molecule has 0 radical (unpaired) electrons. The lowest BCUT2D eigenvalue weighted by atomic mass is 10.3. The standard InChI is InChI=1S/C16H13N5O3/c22-14(20-11-4-7-17-8-5-11)13-9-19-16(24)21(15(13)23)10-12-3-1-2-6-18-12/h1-9H,10H2,(H,19,24)(H,17,20,22). The Morgan fingerprint density at radius 3 is 2.62 bits per heavy atom. The summed E-state index contributed by atoms with van der Waals surface area (Å²) in [4.78, 5) is 47.0. The van der Waals surface area contributed by atoms with Crippen LogP contribution in [0.15, 0.2) is 64.7 Å². The van der Waals surface area contributed by atoms with E-state index in [-0.39, 0.29) is 12.1 Å². The van der Waals surface area contributed by atoms with Crippen LogP contribution in [0.2, 0.25) is 0 Å². The molecule has 0 unspecified atom stereocenters. The van der Waals surface area contributed by atoms with E-state index in [0.29, 0.717) is 11.4 Å². The molecule has 3 heterocycles. The van der Waals surface area contributed by atoms with E-state index in [2.05, 4.69) is 20.3 Å². The van der Waals surface area contributed by atoms with Crippen LogP contribution in [0, 0.1) is 0 Å². The fraction of sp³-hybridized carbons (Fsp3) is 0.0625. The molecule has 120 valence electrons. The van der Waals surface area contributed by atoms with Crippen LogP contribution in [0.1, 0.15) is 16.1 Å². The number of carbonyl (C=O) groups excluding carboxylic acids is 1. The molecule has 3 aromatic heterocycles. The number of anilines is 1. The zero-order valence-corrected chi connectivity index (χ0v) is 12.5. The lowest BCUT2D eigenvalue weighted by Crippen LogP contribution is -2.39. The molecule has 0 aliphatic carbocycles. The highest BCUT2D eigenvalue weighted by Crippen LogP contribution is 2.04. The van der Waals surface area contributed by atoms with Crippen molar-refractivity contribution in [1.82, 2.24) is 19.5 Å². The van der Waals surface area contributed by atoms with Gasteiger partial charge in [0.05, 0.1) is 12.2 Å². The maximum Gasteiger partial charge on any atom is 0.328 e. The predicted molar refractivity (Wildman–Crippen MR) is 86.9 cm³/mol. The van der Waals surface area contributed by atoms with Crippen molar-refractivity contribution in [3.8, 4) is 0 Å². The number of hydrogen-bond donors (Lipinski definition) is 2. The van der Waals surface area contributed by atoms with E-state index in [0.717, 1.165) is 10.8 Å². The molecule has 0 atom stereocenters. The van der Waals surface area contributed by atoms with Crippen LogP contribution in [0.3, 0.4) is 0 Å². The van der Waals surface area contributed by atoms with Gasteiger partial charge in [-0.3, -0.25) is 24.1 Å². The second-order valence-corrected chi connectivity index (χ2v) is 4.91. The second-order valence-electron chi connectivity index (χ2n) is 4.91. The van der Waals surface area contributed by atoms with Crippen LogP contribution in [0.25, 0.3) is 0 Å². The van der Waals surface area contributed by atoms with E-state index < -0.39 is 17.2 Å². The molecule has 8 nitrogen and oxygen atoms in total. The van der Waals surface area contributed by atoms with Crippen LogP contribution >= 0.6 is 0 Å². The number of carbonyl (C=O) groups is 1. The fourth-order valence-corrected chi connectivity index (χ4v) is 2.10. The molecule has 0 aliphatic rings. The molecule has 2 N–H and O–H groups in total. The number of nitrogens with one attached hydrogen (secondary N) is 2. The van der Waals surface area contributed by atoms with Crippen molar-refractivity contribution in [2.45, 2.75) is 6.54 Å². The van der Waals surface area contributed by atoms with Gasteiger partial charge >= 0.3 is 5.69 Å². The number of aromatic nitrogens is 4. The SMILES string of the molecule is O=C(Nc1ccncc1)c1c[nH]c(=O)n(Cc2ccccn2)c1=O. The average Bonchev–Trinajstić information content (AvgIpc) is 2.60. The van der Waals surface area contributed by atoms with Crippen molar-refractivity contribution in [1.29, 1.82) is 0 Å². The second kappa shape index (κ2) is 6.69. The highest BCUT2D eigenvalue weighted by Gasteiger charge is 2.15. The molecule has 0 spiro atoms. The van der Waals surface area contributed by atoms with Gasteiger partial charge in [-0.05, 0) is 24.3 Å². The van der Waals surface area contributed by atoms with Gasteiger partial charge in [-0.1, -0.05) is 6.07 Å². The molecule has 8 heteroatoms. The molecule has 24 heavy (non-hydrogen) atoms. The van der Waals surface area contributed by atoms with Gasteiger partial charge in [-0.25, -0.2) is 4.79 Å². The number of nitrogens with zero attached hydrogens (tertiary/aromatic N) is 3. The minimum Gasteiger partial charge on any atom is -0.322 e. The van der Waals surface area contributed by atoms with E-state index in [1.807, 2.05) is 0 Å². The lowest BCUT2D eigenvalue weighted by Gasteiger charge is -2.07. The monoisotopic (exact) mass is 323 g/mol. The summed E-state index contributed by atoms with van der Waals surface area (Å²) in [5.41, 5.74) is -0.418. The maximum absolute atomic E-state index is 12.5. The van der Waals surface area contributed by atoms with E-state index in [9.17, 15) is 14.4 Å². The average molecular weight is 323 g/mol. The Kier molecular flexibility index (Phi) is 4.28. The van der Waals surface area contributed by atoms with Crippen LogP contribution in [-0.2, 0) is 6.54 Å². The summed E-state index contributed by atoms with van der Waals surface area (Å²) >= 11 is 0. The van der Waals surface area contributed by atoms with E-state index in [4.69, 9.17) is 0 Å². The smallest absolute Gasteiger partial charge is 0.322 e. The van der Waals surface area contributed by atoms with E-state index in [1.165, 1.54) is 12.4 Å². The fourth-order valence-electron chi connectivity index (χ4n) is 2.10. The molecule has 3 aromatic rings. The minimum atomic E-state index is -0.684. The molecule has 0 bridgehead atoms. The third-order valence-corrected chi connectivity index (χ3v) is 3.29. The third-order valence-electron chi connectivity index (χ3n) is 3.29. The summed E-state index contributed by atoms with van der Waals surface area (Å²) in [6, 6.07) is 8.36. The van der Waals surface area contributed by atoms with Crippen LogP contribution in [0.5, 0.6) is 0 Å². The quantitative estimate of drug-likeness (QED) is 0.731. The highest BCUT2D eigenvalue weighted by molar-refractivity contribution is 6.03. The first-order valence-electron chi connectivity index (χ1n) is 7.09. The number of H-pyrrole nitrogens is 1. The molecule has 0 fully saturated rings. The summed E-state index contributed by atoms with van der Waals surface area (Å²) < 4.78 is 0.934. The van der Waals surface area contributed by atoms with Crippen molar-refractivity contribution < 1.29 is 4.79 Å². The molecule has 1 amide bonds. The summed E-state index contributed by atoms with van der Waals surface area (Å²) in [5, 5.41) is 2.58. The van der Waals surface area contributed by atoms with Gasteiger partial charge < -0.3 is 10.3 Å². The number of rotatable bonds is 4. The Balaban J connectivity index is 1.93. The van der Waals surface area contributed by atoms with Gasteiger partial charge in [0.2, 0.25) is 0 Å². The van der Waals surface area contributed by atoms with Crippen molar-refractivity contribution in [3.63, 3.8) is 0 Å². The number of hydrogen-bond acceptors (Lipinski definition) is 5. The van der Waals surface area contributed by atoms with Crippen LogP contribution in [-0.4, -0.2) is 25.4 Å². The Morgan fingerprint density at radius 1 is 1.12 bits per heavy atom. The van der Waals surface area contributed by atoms with Crippen LogP contribution in [0.4, 0.5) is 5.69 Å². The molecular formula is C16H13N5O3. The van der Waals surface area contributed by atoms with E-state index >= 15 is 0 Å². The zero-order chi connectivity index (χ0) is 16.9. The Labute approximate surface area is 135 Å². The third kappa shape index (κ3) is 3.27. The molecular weight excluding hydrogens is 310 g/mol. The van der Waals surface area contributed by atoms with Crippen molar-refractivity contribution in [3.05, 3.63) is 87.2 Å². The summed E-state index contributed by atoms with van der Waals surface area (Å²) in [6.07, 6.45) is 5.70. The summed E-state index contributed by atoms with van der Waals surface area (Å²) in [5.74, 6) is -0.614. The normalized spacial score (nSPS) is 10.3. The Morgan fingerprint density at radius 2 is 1.92 bits per heavy atom. The predicted octanol–water partition coefficient (Wildman–Crippen LogP) is 0.627.